The maximum atomic E-state index is 10.7. The molecule has 1 unspecified atom stereocenters. The quantitative estimate of drug-likeness (QED) is 0.787. The Morgan fingerprint density at radius 1 is 1.47 bits per heavy atom. The van der Waals surface area contributed by atoms with Gasteiger partial charge >= 0.3 is 0 Å². The van der Waals surface area contributed by atoms with Crippen LogP contribution in [0.2, 0.25) is 5.28 Å². The molecule has 0 bridgehead atoms. The van der Waals surface area contributed by atoms with E-state index in [2.05, 4.69) is 20.3 Å². The third kappa shape index (κ3) is 4.39. The summed E-state index contributed by atoms with van der Waals surface area (Å²) in [5, 5.41) is 3.03. The molecular formula is C9H15ClN6O. The van der Waals surface area contributed by atoms with Crippen LogP contribution in [0.25, 0.3) is 0 Å². The van der Waals surface area contributed by atoms with Crippen LogP contribution in [-0.4, -0.2) is 41.0 Å². The maximum Gasteiger partial charge on any atom is 0.230 e. The van der Waals surface area contributed by atoms with Crippen molar-refractivity contribution in [3.05, 3.63) is 5.28 Å². The van der Waals surface area contributed by atoms with Gasteiger partial charge in [0, 0.05) is 26.6 Å². The number of rotatable bonds is 5. The molecule has 0 aliphatic rings. The molecule has 0 aromatic carbocycles. The van der Waals surface area contributed by atoms with Crippen molar-refractivity contribution in [2.24, 2.45) is 5.73 Å². The molecule has 0 saturated carbocycles. The van der Waals surface area contributed by atoms with E-state index in [1.807, 2.05) is 0 Å². The Balaban J connectivity index is 2.80. The van der Waals surface area contributed by atoms with E-state index in [1.54, 1.807) is 25.9 Å². The van der Waals surface area contributed by atoms with Gasteiger partial charge in [0.15, 0.2) is 0 Å². The van der Waals surface area contributed by atoms with Crippen LogP contribution in [0.4, 0.5) is 11.9 Å². The van der Waals surface area contributed by atoms with Gasteiger partial charge in [0.25, 0.3) is 0 Å². The number of halogens is 1. The van der Waals surface area contributed by atoms with Crippen LogP contribution in [0.1, 0.15) is 13.3 Å². The number of anilines is 2. The zero-order chi connectivity index (χ0) is 13.0. The van der Waals surface area contributed by atoms with E-state index < -0.39 is 5.91 Å². The number of carbonyl (C=O) groups is 1. The minimum atomic E-state index is -0.391. The summed E-state index contributed by atoms with van der Waals surface area (Å²) in [7, 11) is 3.59. The number of aromatic nitrogens is 3. The fourth-order valence-corrected chi connectivity index (χ4v) is 1.33. The Hall–Kier alpha value is -1.63. The molecule has 1 amide bonds. The molecule has 0 fully saturated rings. The van der Waals surface area contributed by atoms with Gasteiger partial charge < -0.3 is 16.0 Å². The van der Waals surface area contributed by atoms with Gasteiger partial charge in [-0.15, -0.1) is 0 Å². The fourth-order valence-electron chi connectivity index (χ4n) is 1.18. The first-order valence-corrected chi connectivity index (χ1v) is 5.40. The number of nitrogens with two attached hydrogens (primary N) is 1. The summed E-state index contributed by atoms with van der Waals surface area (Å²) in [5.74, 6) is 0.374. The summed E-state index contributed by atoms with van der Waals surface area (Å²) in [6.45, 7) is 1.80. The van der Waals surface area contributed by atoms with Crippen LogP contribution >= 0.6 is 11.6 Å². The third-order valence-electron chi connectivity index (χ3n) is 1.88. The molecule has 94 valence electrons. The van der Waals surface area contributed by atoms with Crippen molar-refractivity contribution in [1.29, 1.82) is 0 Å². The Morgan fingerprint density at radius 3 is 2.65 bits per heavy atom. The molecule has 1 atom stereocenters. The molecule has 1 heterocycles. The molecule has 1 aromatic rings. The zero-order valence-electron chi connectivity index (χ0n) is 9.94. The Bertz CT molecular complexity index is 410. The summed E-state index contributed by atoms with van der Waals surface area (Å²) in [6.07, 6.45) is 0.195. The molecule has 17 heavy (non-hydrogen) atoms. The van der Waals surface area contributed by atoms with Gasteiger partial charge in [-0.1, -0.05) is 0 Å². The normalized spacial score (nSPS) is 12.0. The number of hydrogen-bond acceptors (Lipinski definition) is 6. The number of primary amides is 1. The third-order valence-corrected chi connectivity index (χ3v) is 2.05. The summed E-state index contributed by atoms with van der Waals surface area (Å²) in [4.78, 5) is 24.4. The van der Waals surface area contributed by atoms with Crippen LogP contribution < -0.4 is 16.0 Å². The highest BCUT2D eigenvalue weighted by molar-refractivity contribution is 6.28. The second-order valence-corrected chi connectivity index (χ2v) is 4.18. The largest absolute Gasteiger partial charge is 0.370 e. The van der Waals surface area contributed by atoms with Crippen molar-refractivity contribution in [3.8, 4) is 0 Å². The fraction of sp³-hybridized carbons (Fsp3) is 0.556. The second kappa shape index (κ2) is 5.62. The smallest absolute Gasteiger partial charge is 0.230 e. The number of amides is 1. The highest BCUT2D eigenvalue weighted by Crippen LogP contribution is 2.12. The van der Waals surface area contributed by atoms with Gasteiger partial charge in [0.05, 0.1) is 0 Å². The van der Waals surface area contributed by atoms with Gasteiger partial charge in [-0.3, -0.25) is 4.79 Å². The molecule has 3 N–H and O–H groups in total. The summed E-state index contributed by atoms with van der Waals surface area (Å²) in [5.41, 5.74) is 5.09. The van der Waals surface area contributed by atoms with Crippen LogP contribution in [0.5, 0.6) is 0 Å². The average Bonchev–Trinajstić information content (AvgIpc) is 2.14. The minimum absolute atomic E-state index is 0.0949. The molecule has 0 saturated heterocycles. The first kappa shape index (κ1) is 13.4. The minimum Gasteiger partial charge on any atom is -0.370 e. The molecule has 0 spiro atoms. The summed E-state index contributed by atoms with van der Waals surface area (Å²) in [6, 6.07) is -0.166. The molecule has 1 aromatic heterocycles. The van der Waals surface area contributed by atoms with Crippen LogP contribution in [0.3, 0.4) is 0 Å². The van der Waals surface area contributed by atoms with Crippen molar-refractivity contribution in [2.75, 3.05) is 24.3 Å². The first-order valence-electron chi connectivity index (χ1n) is 5.02. The highest BCUT2D eigenvalue weighted by Gasteiger charge is 2.10. The monoisotopic (exact) mass is 258 g/mol. The summed E-state index contributed by atoms with van der Waals surface area (Å²) < 4.78 is 0. The number of carbonyl (C=O) groups excluding carboxylic acids is 1. The van der Waals surface area contributed by atoms with E-state index in [0.29, 0.717) is 11.9 Å². The summed E-state index contributed by atoms with van der Waals surface area (Å²) >= 11 is 5.76. The average molecular weight is 259 g/mol. The van der Waals surface area contributed by atoms with E-state index in [9.17, 15) is 4.79 Å². The lowest BCUT2D eigenvalue weighted by Gasteiger charge is -2.14. The molecule has 7 nitrogen and oxygen atoms in total. The van der Waals surface area contributed by atoms with Crippen molar-refractivity contribution in [1.82, 2.24) is 15.0 Å². The molecular weight excluding hydrogens is 244 g/mol. The van der Waals surface area contributed by atoms with E-state index in [4.69, 9.17) is 17.3 Å². The Labute approximate surface area is 104 Å². The lowest BCUT2D eigenvalue weighted by molar-refractivity contribution is -0.118. The van der Waals surface area contributed by atoms with Gasteiger partial charge in [0.2, 0.25) is 23.1 Å². The van der Waals surface area contributed by atoms with Gasteiger partial charge in [0.1, 0.15) is 0 Å². The number of nitrogens with one attached hydrogen (secondary N) is 1. The molecule has 0 aliphatic carbocycles. The van der Waals surface area contributed by atoms with Crippen LogP contribution in [0.15, 0.2) is 0 Å². The first-order chi connectivity index (χ1) is 7.88. The molecule has 0 radical (unpaired) electrons. The predicted molar refractivity (Wildman–Crippen MR) is 66.1 cm³/mol. The molecule has 0 aliphatic heterocycles. The molecule has 1 rings (SSSR count). The maximum absolute atomic E-state index is 10.7. The lowest BCUT2D eigenvalue weighted by Crippen LogP contribution is -2.25. The van der Waals surface area contributed by atoms with E-state index in [-0.39, 0.29) is 17.7 Å². The van der Waals surface area contributed by atoms with Crippen LogP contribution in [0, 0.1) is 0 Å². The zero-order valence-corrected chi connectivity index (χ0v) is 10.7. The van der Waals surface area contributed by atoms with E-state index in [1.165, 1.54) is 0 Å². The van der Waals surface area contributed by atoms with E-state index in [0.717, 1.165) is 0 Å². The van der Waals surface area contributed by atoms with Crippen LogP contribution in [-0.2, 0) is 4.79 Å². The number of nitrogens with zero attached hydrogens (tertiary/aromatic N) is 4. The van der Waals surface area contributed by atoms with Crippen molar-refractivity contribution < 1.29 is 4.79 Å². The lowest BCUT2D eigenvalue weighted by atomic mass is 10.2. The Morgan fingerprint density at radius 2 is 2.12 bits per heavy atom. The van der Waals surface area contributed by atoms with Gasteiger partial charge in [-0.05, 0) is 18.5 Å². The van der Waals surface area contributed by atoms with E-state index >= 15 is 0 Å². The topological polar surface area (TPSA) is 97.0 Å². The Kier molecular flexibility index (Phi) is 4.45. The molecule has 8 heteroatoms. The van der Waals surface area contributed by atoms with Crippen molar-refractivity contribution in [3.63, 3.8) is 0 Å². The SMILES string of the molecule is CC(CC(N)=O)Nc1nc(Cl)nc(N(C)C)n1. The highest BCUT2D eigenvalue weighted by atomic mass is 35.5. The van der Waals surface area contributed by atoms with Gasteiger partial charge in [-0.25, -0.2) is 0 Å². The standard InChI is InChI=1S/C9H15ClN6O/c1-5(4-6(11)17)12-8-13-7(10)14-9(15-8)16(2)3/h5H,4H2,1-3H3,(H2,11,17)(H,12,13,14,15). The second-order valence-electron chi connectivity index (χ2n) is 3.84. The van der Waals surface area contributed by atoms with Gasteiger partial charge in [-0.2, -0.15) is 15.0 Å². The predicted octanol–water partition coefficient (Wildman–Crippen LogP) is 0.267. The number of hydrogen-bond donors (Lipinski definition) is 2. The van der Waals surface area contributed by atoms with Crippen molar-refractivity contribution in [2.45, 2.75) is 19.4 Å². The van der Waals surface area contributed by atoms with Crippen molar-refractivity contribution >= 4 is 29.4 Å².